The van der Waals surface area contributed by atoms with Gasteiger partial charge in [0.25, 0.3) is 11.8 Å². The van der Waals surface area contributed by atoms with E-state index in [9.17, 15) is 14.4 Å². The van der Waals surface area contributed by atoms with Crippen molar-refractivity contribution < 1.29 is 19.1 Å². The van der Waals surface area contributed by atoms with E-state index in [1.54, 1.807) is 0 Å². The summed E-state index contributed by atoms with van der Waals surface area (Å²) in [5, 5.41) is 1.96. The van der Waals surface area contributed by atoms with Crippen LogP contribution in [0.1, 0.15) is 0 Å². The Balaban J connectivity index is 2.75. The maximum absolute atomic E-state index is 10.9. The maximum Gasteiger partial charge on any atom is 0.331 e. The molecule has 68 valence electrons. The molecular formula is C8H7NO4. The van der Waals surface area contributed by atoms with Crippen LogP contribution in [-0.4, -0.2) is 23.9 Å². The summed E-state index contributed by atoms with van der Waals surface area (Å²) in [5.41, 5.74) is -0.0693. The second-order valence-electron chi connectivity index (χ2n) is 2.36. The van der Waals surface area contributed by atoms with Crippen molar-refractivity contribution in [1.29, 1.82) is 0 Å². The fraction of sp³-hybridized carbons (Fsp3) is 0.125. The number of nitrogens with one attached hydrogen (secondary N) is 1. The first kappa shape index (κ1) is 9.18. The van der Waals surface area contributed by atoms with E-state index in [2.05, 4.69) is 17.9 Å². The quantitative estimate of drug-likeness (QED) is 0.347. The maximum atomic E-state index is 10.9. The first-order chi connectivity index (χ1) is 6.06. The highest BCUT2D eigenvalue weighted by molar-refractivity contribution is 6.16. The molecule has 0 aliphatic carbocycles. The Morgan fingerprint density at radius 1 is 1.54 bits per heavy atom. The van der Waals surface area contributed by atoms with E-state index in [0.717, 1.165) is 6.08 Å². The molecule has 1 heterocycles. The molecule has 1 N–H and O–H groups in total. The van der Waals surface area contributed by atoms with Crippen LogP contribution in [-0.2, 0) is 19.1 Å². The fourth-order valence-corrected chi connectivity index (χ4v) is 0.824. The summed E-state index contributed by atoms with van der Waals surface area (Å²) in [6.07, 6.45) is -0.304. The van der Waals surface area contributed by atoms with E-state index in [0.29, 0.717) is 0 Å². The Labute approximate surface area is 74.1 Å². The highest BCUT2D eigenvalue weighted by Crippen LogP contribution is 2.12. The summed E-state index contributed by atoms with van der Waals surface area (Å²) in [6.45, 7) is 6.46. The minimum Gasteiger partial charge on any atom is -0.444 e. The first-order valence-corrected chi connectivity index (χ1v) is 3.43. The van der Waals surface area contributed by atoms with Gasteiger partial charge in [-0.1, -0.05) is 13.2 Å². The molecule has 1 rings (SSSR count). The molecule has 1 fully saturated rings. The number of rotatable bonds is 2. The molecule has 0 aromatic rings. The second kappa shape index (κ2) is 3.22. The zero-order chi connectivity index (χ0) is 10.0. The molecule has 1 aliphatic rings. The lowest BCUT2D eigenvalue weighted by molar-refractivity contribution is -0.147. The van der Waals surface area contributed by atoms with E-state index in [1.165, 1.54) is 0 Å². The molecular weight excluding hydrogens is 174 g/mol. The van der Waals surface area contributed by atoms with Crippen LogP contribution in [0.2, 0.25) is 0 Å². The minimum atomic E-state index is -1.21. The van der Waals surface area contributed by atoms with Gasteiger partial charge in [-0.2, -0.15) is 0 Å². The van der Waals surface area contributed by atoms with Crippen molar-refractivity contribution in [3.63, 3.8) is 0 Å². The molecule has 0 aromatic heterocycles. The lowest BCUT2D eigenvalue weighted by Crippen LogP contribution is -2.28. The molecule has 0 aromatic carbocycles. The Bertz CT molecular complexity index is 318. The average molecular weight is 181 g/mol. The van der Waals surface area contributed by atoms with Gasteiger partial charge in [0.15, 0.2) is 0 Å². The number of ether oxygens (including phenoxy) is 1. The van der Waals surface area contributed by atoms with Gasteiger partial charge in [0, 0.05) is 6.08 Å². The Hall–Kier alpha value is -1.91. The monoisotopic (exact) mass is 181 g/mol. The molecule has 5 nitrogen and oxygen atoms in total. The van der Waals surface area contributed by atoms with E-state index in [1.807, 2.05) is 5.32 Å². The van der Waals surface area contributed by atoms with Crippen molar-refractivity contribution >= 4 is 17.8 Å². The normalized spacial score (nSPS) is 21.2. The summed E-state index contributed by atoms with van der Waals surface area (Å²) in [7, 11) is 0. The minimum absolute atomic E-state index is 0.0693. The standard InChI is InChI=1S/C8H7NO4/c1-3-5(10)13-6-4(2)7(11)9-8(6)12/h3,6H,1-2H2,(H,9,11,12). The number of hydrogen-bond acceptors (Lipinski definition) is 4. The third-order valence-electron chi connectivity index (χ3n) is 1.48. The summed E-state index contributed by atoms with van der Waals surface area (Å²) in [5.74, 6) is -2.06. The predicted octanol–water partition coefficient (Wildman–Crippen LogP) is -0.703. The summed E-state index contributed by atoms with van der Waals surface area (Å²) in [4.78, 5) is 32.5. The van der Waals surface area contributed by atoms with E-state index in [-0.39, 0.29) is 5.57 Å². The van der Waals surface area contributed by atoms with Crippen LogP contribution < -0.4 is 5.32 Å². The third-order valence-corrected chi connectivity index (χ3v) is 1.48. The van der Waals surface area contributed by atoms with Crippen molar-refractivity contribution in [2.45, 2.75) is 6.10 Å². The number of carbonyl (C=O) groups excluding carboxylic acids is 3. The fourth-order valence-electron chi connectivity index (χ4n) is 0.824. The van der Waals surface area contributed by atoms with Gasteiger partial charge in [-0.05, 0) is 0 Å². The third kappa shape index (κ3) is 1.64. The van der Waals surface area contributed by atoms with Gasteiger partial charge >= 0.3 is 5.97 Å². The van der Waals surface area contributed by atoms with Crippen LogP contribution in [0.5, 0.6) is 0 Å². The number of carbonyl (C=O) groups is 3. The van der Waals surface area contributed by atoms with Gasteiger partial charge in [0.05, 0.1) is 5.57 Å². The number of imide groups is 1. The van der Waals surface area contributed by atoms with Gasteiger partial charge in [-0.3, -0.25) is 14.9 Å². The van der Waals surface area contributed by atoms with Gasteiger partial charge in [-0.15, -0.1) is 0 Å². The molecule has 2 amide bonds. The zero-order valence-corrected chi connectivity index (χ0v) is 6.70. The van der Waals surface area contributed by atoms with Crippen molar-refractivity contribution in [2.75, 3.05) is 0 Å². The van der Waals surface area contributed by atoms with Crippen molar-refractivity contribution in [1.82, 2.24) is 5.32 Å². The largest absolute Gasteiger partial charge is 0.444 e. The number of amides is 2. The zero-order valence-electron chi connectivity index (χ0n) is 6.70. The number of esters is 1. The first-order valence-electron chi connectivity index (χ1n) is 3.43. The van der Waals surface area contributed by atoms with Crippen molar-refractivity contribution in [3.8, 4) is 0 Å². The molecule has 0 bridgehead atoms. The summed E-state index contributed by atoms with van der Waals surface area (Å²) >= 11 is 0. The molecule has 5 heteroatoms. The molecule has 1 unspecified atom stereocenters. The Morgan fingerprint density at radius 2 is 2.15 bits per heavy atom. The van der Waals surface area contributed by atoms with Gasteiger partial charge in [0.1, 0.15) is 0 Å². The van der Waals surface area contributed by atoms with E-state index >= 15 is 0 Å². The van der Waals surface area contributed by atoms with Crippen LogP contribution >= 0.6 is 0 Å². The SMILES string of the molecule is C=CC(=O)OC1C(=C)C(=O)NC1=O. The molecule has 1 saturated heterocycles. The molecule has 0 spiro atoms. The van der Waals surface area contributed by atoms with Crippen LogP contribution in [0, 0.1) is 0 Å². The highest BCUT2D eigenvalue weighted by atomic mass is 16.5. The molecule has 0 radical (unpaired) electrons. The van der Waals surface area contributed by atoms with E-state index in [4.69, 9.17) is 0 Å². The Morgan fingerprint density at radius 3 is 2.54 bits per heavy atom. The van der Waals surface area contributed by atoms with Gasteiger partial charge in [0.2, 0.25) is 6.10 Å². The lowest BCUT2D eigenvalue weighted by Gasteiger charge is -2.06. The topological polar surface area (TPSA) is 72.5 Å². The summed E-state index contributed by atoms with van der Waals surface area (Å²) < 4.78 is 4.57. The predicted molar refractivity (Wildman–Crippen MR) is 42.4 cm³/mol. The molecule has 1 aliphatic heterocycles. The van der Waals surface area contributed by atoms with E-state index < -0.39 is 23.9 Å². The highest BCUT2D eigenvalue weighted by Gasteiger charge is 2.37. The van der Waals surface area contributed by atoms with Crippen LogP contribution in [0.25, 0.3) is 0 Å². The van der Waals surface area contributed by atoms with Crippen LogP contribution in [0.4, 0.5) is 0 Å². The van der Waals surface area contributed by atoms with Crippen LogP contribution in [0.3, 0.4) is 0 Å². The summed E-state index contributed by atoms with van der Waals surface area (Å²) in [6, 6.07) is 0. The van der Waals surface area contributed by atoms with Gasteiger partial charge in [-0.25, -0.2) is 4.79 Å². The molecule has 0 saturated carbocycles. The van der Waals surface area contributed by atoms with Gasteiger partial charge < -0.3 is 4.74 Å². The second-order valence-corrected chi connectivity index (χ2v) is 2.36. The van der Waals surface area contributed by atoms with Crippen LogP contribution in [0.15, 0.2) is 24.8 Å². The number of hydrogen-bond donors (Lipinski definition) is 1. The Kier molecular flexibility index (Phi) is 2.27. The average Bonchev–Trinajstić information content (AvgIpc) is 2.32. The van der Waals surface area contributed by atoms with Crippen molar-refractivity contribution in [2.24, 2.45) is 0 Å². The van der Waals surface area contributed by atoms with Crippen molar-refractivity contribution in [3.05, 3.63) is 24.8 Å². The molecule has 13 heavy (non-hydrogen) atoms. The smallest absolute Gasteiger partial charge is 0.331 e. The molecule has 1 atom stereocenters. The lowest BCUT2D eigenvalue weighted by atomic mass is 10.2.